The molecule has 9 heteroatoms. The van der Waals surface area contributed by atoms with Crippen LogP contribution in [-0.2, 0) is 22.5 Å². The molecule has 2 atom stereocenters. The van der Waals surface area contributed by atoms with Crippen molar-refractivity contribution in [1.82, 2.24) is 34.9 Å². The molecule has 1 saturated heterocycles. The minimum atomic E-state index is -0.0735. The minimum Gasteiger partial charge on any atom is -0.378 e. The highest BCUT2D eigenvalue weighted by atomic mass is 16.5. The molecule has 34 heavy (non-hydrogen) atoms. The lowest BCUT2D eigenvalue weighted by Gasteiger charge is -2.18. The summed E-state index contributed by atoms with van der Waals surface area (Å²) < 4.78 is 7.48. The summed E-state index contributed by atoms with van der Waals surface area (Å²) in [6.45, 7) is 4.21. The second-order valence-electron chi connectivity index (χ2n) is 8.63. The summed E-state index contributed by atoms with van der Waals surface area (Å²) in [6.07, 6.45) is 9.10. The van der Waals surface area contributed by atoms with E-state index in [2.05, 4.69) is 36.3 Å². The number of aryl methyl sites for hydroxylation is 1. The summed E-state index contributed by atoms with van der Waals surface area (Å²) >= 11 is 0. The molecule has 1 aliphatic heterocycles. The van der Waals surface area contributed by atoms with E-state index in [-0.39, 0.29) is 24.5 Å². The number of fused-ring (bicyclic) bond motifs is 1. The average molecular weight is 458 g/mol. The maximum atomic E-state index is 12.8. The molecule has 0 saturated carbocycles. The fourth-order valence-corrected chi connectivity index (χ4v) is 4.47. The van der Waals surface area contributed by atoms with Crippen molar-refractivity contribution in [2.75, 3.05) is 20.2 Å². The summed E-state index contributed by atoms with van der Waals surface area (Å²) in [5, 5.41) is 8.57. The lowest BCUT2D eigenvalue weighted by molar-refractivity contribution is -0.121. The number of aromatic nitrogens is 5. The number of methoxy groups -OCH3 is 1. The zero-order valence-corrected chi connectivity index (χ0v) is 19.3. The summed E-state index contributed by atoms with van der Waals surface area (Å²) in [4.78, 5) is 28.1. The maximum Gasteiger partial charge on any atom is 0.226 e. The highest BCUT2D eigenvalue weighted by Crippen LogP contribution is 2.20. The number of nitrogens with zero attached hydrogens (tertiary/aromatic N) is 6. The van der Waals surface area contributed by atoms with Crippen LogP contribution in [0.2, 0.25) is 0 Å². The van der Waals surface area contributed by atoms with Gasteiger partial charge in [0.05, 0.1) is 47.9 Å². The van der Waals surface area contributed by atoms with Gasteiger partial charge in [-0.05, 0) is 36.8 Å². The van der Waals surface area contributed by atoms with Crippen LogP contribution in [0, 0.1) is 6.92 Å². The molecular weight excluding hydrogens is 430 g/mol. The number of amides is 1. The number of hydrogen-bond donors (Lipinski definition) is 1. The summed E-state index contributed by atoms with van der Waals surface area (Å²) in [6, 6.07) is 9.72. The van der Waals surface area contributed by atoms with Crippen LogP contribution < -0.4 is 5.32 Å². The Bertz CT molecular complexity index is 1290. The molecule has 1 fully saturated rings. The summed E-state index contributed by atoms with van der Waals surface area (Å²) in [7, 11) is 1.69. The van der Waals surface area contributed by atoms with Crippen molar-refractivity contribution in [3.05, 3.63) is 78.3 Å². The van der Waals surface area contributed by atoms with Gasteiger partial charge in [-0.3, -0.25) is 24.6 Å². The number of ether oxygens (including phenoxy) is 1. The Labute approximate surface area is 197 Å². The first kappa shape index (κ1) is 22.1. The van der Waals surface area contributed by atoms with Crippen molar-refractivity contribution in [2.45, 2.75) is 32.0 Å². The Kier molecular flexibility index (Phi) is 6.29. The quantitative estimate of drug-likeness (QED) is 0.454. The molecule has 0 aliphatic carbocycles. The third kappa shape index (κ3) is 4.80. The van der Waals surface area contributed by atoms with Gasteiger partial charge in [0.15, 0.2) is 0 Å². The SMILES string of the molecule is CO[C@@H]1CN(Cc2cccnc2)C[C@H]1NC(=O)Cc1cc2cnn(-c3ccnc(C)c3)c2cn1. The Morgan fingerprint density at radius 1 is 1.15 bits per heavy atom. The van der Waals surface area contributed by atoms with Crippen LogP contribution in [0.25, 0.3) is 16.6 Å². The zero-order chi connectivity index (χ0) is 23.5. The van der Waals surface area contributed by atoms with E-state index in [4.69, 9.17) is 4.74 Å². The fourth-order valence-electron chi connectivity index (χ4n) is 4.47. The van der Waals surface area contributed by atoms with Crippen LogP contribution in [0.15, 0.2) is 61.3 Å². The van der Waals surface area contributed by atoms with Crippen molar-refractivity contribution in [3.8, 4) is 5.69 Å². The molecule has 9 nitrogen and oxygen atoms in total. The van der Waals surface area contributed by atoms with Gasteiger partial charge in [-0.15, -0.1) is 0 Å². The highest BCUT2D eigenvalue weighted by Gasteiger charge is 2.33. The monoisotopic (exact) mass is 457 g/mol. The van der Waals surface area contributed by atoms with E-state index < -0.39 is 0 Å². The number of hydrogen-bond acceptors (Lipinski definition) is 7. The van der Waals surface area contributed by atoms with Crippen molar-refractivity contribution in [1.29, 1.82) is 0 Å². The van der Waals surface area contributed by atoms with Gasteiger partial charge >= 0.3 is 0 Å². The third-order valence-electron chi connectivity index (χ3n) is 6.10. The van der Waals surface area contributed by atoms with E-state index in [1.807, 2.05) is 42.1 Å². The van der Waals surface area contributed by atoms with Gasteiger partial charge in [0.2, 0.25) is 5.91 Å². The number of pyridine rings is 3. The Morgan fingerprint density at radius 3 is 2.85 bits per heavy atom. The van der Waals surface area contributed by atoms with Gasteiger partial charge in [-0.2, -0.15) is 5.10 Å². The van der Waals surface area contributed by atoms with Crippen LogP contribution in [0.4, 0.5) is 0 Å². The van der Waals surface area contributed by atoms with Crippen molar-refractivity contribution >= 4 is 16.8 Å². The smallest absolute Gasteiger partial charge is 0.226 e. The first-order chi connectivity index (χ1) is 16.6. The van der Waals surface area contributed by atoms with E-state index in [1.54, 1.807) is 31.9 Å². The molecule has 0 aromatic carbocycles. The van der Waals surface area contributed by atoms with E-state index in [9.17, 15) is 4.79 Å². The minimum absolute atomic E-state index is 0.0573. The van der Waals surface area contributed by atoms with Crippen LogP contribution in [0.5, 0.6) is 0 Å². The van der Waals surface area contributed by atoms with Gasteiger partial charge in [0, 0.05) is 56.4 Å². The van der Waals surface area contributed by atoms with E-state index >= 15 is 0 Å². The largest absolute Gasteiger partial charge is 0.378 e. The molecule has 0 bridgehead atoms. The predicted octanol–water partition coefficient (Wildman–Crippen LogP) is 2.08. The van der Waals surface area contributed by atoms with Gasteiger partial charge < -0.3 is 10.1 Å². The standard InChI is InChI=1S/C25H27N7O2/c1-17-8-21(5-7-27-17)32-23-13-28-20(9-19(23)12-29-32)10-25(33)30-22-15-31(16-24(22)34-2)14-18-4-3-6-26-11-18/h3-9,11-13,22,24H,10,14-16H2,1-2H3,(H,30,33)/t22-,24-/m1/s1. The molecule has 1 N–H and O–H groups in total. The zero-order valence-electron chi connectivity index (χ0n) is 19.3. The number of nitrogens with one attached hydrogen (secondary N) is 1. The topological polar surface area (TPSA) is 98.1 Å². The van der Waals surface area contributed by atoms with E-state index in [0.717, 1.165) is 47.5 Å². The second kappa shape index (κ2) is 9.66. The maximum absolute atomic E-state index is 12.8. The first-order valence-electron chi connectivity index (χ1n) is 11.3. The molecule has 0 spiro atoms. The fraction of sp³-hybridized carbons (Fsp3) is 0.320. The lowest BCUT2D eigenvalue weighted by atomic mass is 10.2. The van der Waals surface area contributed by atoms with Crippen molar-refractivity contribution in [2.24, 2.45) is 0 Å². The molecule has 4 aromatic heterocycles. The molecule has 4 aromatic rings. The average Bonchev–Trinajstić information content (AvgIpc) is 3.43. The number of carbonyl (C=O) groups excluding carboxylic acids is 1. The number of carbonyl (C=O) groups is 1. The molecule has 0 radical (unpaired) electrons. The van der Waals surface area contributed by atoms with Crippen LogP contribution in [-0.4, -0.2) is 67.9 Å². The molecule has 174 valence electrons. The summed E-state index contributed by atoms with van der Waals surface area (Å²) in [5.74, 6) is -0.0701. The van der Waals surface area contributed by atoms with Gasteiger partial charge in [0.25, 0.3) is 0 Å². The normalized spacial score (nSPS) is 18.4. The van der Waals surface area contributed by atoms with Crippen LogP contribution in [0.1, 0.15) is 17.0 Å². The van der Waals surface area contributed by atoms with Crippen molar-refractivity contribution < 1.29 is 9.53 Å². The molecule has 5 rings (SSSR count). The lowest BCUT2D eigenvalue weighted by Crippen LogP contribution is -2.44. The molecule has 1 aliphatic rings. The molecule has 5 heterocycles. The highest BCUT2D eigenvalue weighted by molar-refractivity contribution is 5.83. The Balaban J connectivity index is 1.23. The van der Waals surface area contributed by atoms with Gasteiger partial charge in [0.1, 0.15) is 0 Å². The van der Waals surface area contributed by atoms with Crippen molar-refractivity contribution in [3.63, 3.8) is 0 Å². The molecule has 0 unspecified atom stereocenters. The Hall–Kier alpha value is -3.69. The third-order valence-corrected chi connectivity index (χ3v) is 6.10. The summed E-state index contributed by atoms with van der Waals surface area (Å²) in [5.41, 5.74) is 4.58. The van der Waals surface area contributed by atoms with Crippen LogP contribution in [0.3, 0.4) is 0 Å². The Morgan fingerprint density at radius 2 is 2.06 bits per heavy atom. The predicted molar refractivity (Wildman–Crippen MR) is 127 cm³/mol. The number of rotatable bonds is 7. The van der Waals surface area contributed by atoms with Gasteiger partial charge in [-0.1, -0.05) is 6.07 Å². The van der Waals surface area contributed by atoms with Crippen LogP contribution >= 0.6 is 0 Å². The first-order valence-corrected chi connectivity index (χ1v) is 11.3. The van der Waals surface area contributed by atoms with E-state index in [0.29, 0.717) is 5.69 Å². The number of likely N-dealkylation sites (tertiary alicyclic amines) is 1. The second-order valence-corrected chi connectivity index (χ2v) is 8.63. The molecule has 1 amide bonds. The van der Waals surface area contributed by atoms with E-state index in [1.165, 1.54) is 0 Å². The molecular formula is C25H27N7O2. The van der Waals surface area contributed by atoms with Gasteiger partial charge in [-0.25, -0.2) is 4.68 Å².